The van der Waals surface area contributed by atoms with Crippen LogP contribution in [0.5, 0.6) is 0 Å². The maximum Gasteiger partial charge on any atom is 0.127 e. The molecule has 1 heterocycles. The van der Waals surface area contributed by atoms with Crippen molar-refractivity contribution in [2.75, 3.05) is 13.2 Å². The van der Waals surface area contributed by atoms with Crippen molar-refractivity contribution in [1.29, 1.82) is 0 Å². The lowest BCUT2D eigenvalue weighted by Gasteiger charge is -2.38. The number of halogens is 2. The number of benzene rings is 1. The standard InChI is InChI=1S/C10H10BrFO/c1-10(5-13-6-10)8-4-7(11)2-3-9(8)12/h2-4H,5-6H2,1H3. The van der Waals surface area contributed by atoms with E-state index in [1.165, 1.54) is 6.07 Å². The molecule has 1 saturated heterocycles. The highest BCUT2D eigenvalue weighted by molar-refractivity contribution is 9.10. The molecule has 0 aliphatic carbocycles. The van der Waals surface area contributed by atoms with Crippen molar-refractivity contribution in [3.63, 3.8) is 0 Å². The van der Waals surface area contributed by atoms with Gasteiger partial charge in [0.1, 0.15) is 5.82 Å². The molecule has 0 bridgehead atoms. The molecule has 0 aromatic heterocycles. The highest BCUT2D eigenvalue weighted by Gasteiger charge is 2.37. The van der Waals surface area contributed by atoms with Gasteiger partial charge in [0.15, 0.2) is 0 Å². The predicted molar refractivity (Wildman–Crippen MR) is 52.3 cm³/mol. The van der Waals surface area contributed by atoms with Gasteiger partial charge in [0.05, 0.1) is 13.2 Å². The molecule has 2 rings (SSSR count). The third kappa shape index (κ3) is 1.51. The third-order valence-corrected chi connectivity index (χ3v) is 2.91. The van der Waals surface area contributed by atoms with Crippen LogP contribution in [0.25, 0.3) is 0 Å². The van der Waals surface area contributed by atoms with E-state index in [1.807, 2.05) is 13.0 Å². The van der Waals surface area contributed by atoms with E-state index in [1.54, 1.807) is 6.07 Å². The monoisotopic (exact) mass is 244 g/mol. The van der Waals surface area contributed by atoms with Gasteiger partial charge in [-0.25, -0.2) is 4.39 Å². The molecule has 0 unspecified atom stereocenters. The van der Waals surface area contributed by atoms with Crippen LogP contribution >= 0.6 is 15.9 Å². The van der Waals surface area contributed by atoms with Crippen molar-refractivity contribution >= 4 is 15.9 Å². The smallest absolute Gasteiger partial charge is 0.127 e. The zero-order chi connectivity index (χ0) is 9.47. The van der Waals surface area contributed by atoms with E-state index < -0.39 is 0 Å². The fourth-order valence-electron chi connectivity index (χ4n) is 1.52. The van der Waals surface area contributed by atoms with Gasteiger partial charge in [-0.05, 0) is 23.8 Å². The first-order valence-electron chi connectivity index (χ1n) is 4.15. The summed E-state index contributed by atoms with van der Waals surface area (Å²) < 4.78 is 19.4. The molecule has 1 aromatic rings. The molecule has 0 spiro atoms. The highest BCUT2D eigenvalue weighted by Crippen LogP contribution is 2.34. The van der Waals surface area contributed by atoms with Crippen molar-refractivity contribution in [2.24, 2.45) is 0 Å². The third-order valence-electron chi connectivity index (χ3n) is 2.42. The summed E-state index contributed by atoms with van der Waals surface area (Å²) >= 11 is 3.33. The second-order valence-corrected chi connectivity index (χ2v) is 4.59. The van der Waals surface area contributed by atoms with Gasteiger partial charge in [0, 0.05) is 9.89 Å². The number of hydrogen-bond donors (Lipinski definition) is 0. The van der Waals surface area contributed by atoms with E-state index >= 15 is 0 Å². The van der Waals surface area contributed by atoms with E-state index in [4.69, 9.17) is 4.74 Å². The molecule has 1 aliphatic heterocycles. The maximum atomic E-state index is 13.4. The van der Waals surface area contributed by atoms with Crippen molar-refractivity contribution in [2.45, 2.75) is 12.3 Å². The summed E-state index contributed by atoms with van der Waals surface area (Å²) in [4.78, 5) is 0. The Morgan fingerprint density at radius 3 is 2.69 bits per heavy atom. The molecule has 0 saturated carbocycles. The molecule has 0 amide bonds. The molecular formula is C10H10BrFO. The normalized spacial score (nSPS) is 19.6. The number of ether oxygens (including phenoxy) is 1. The minimum atomic E-state index is -0.144. The zero-order valence-corrected chi connectivity index (χ0v) is 8.90. The number of rotatable bonds is 1. The average molecular weight is 245 g/mol. The van der Waals surface area contributed by atoms with Crippen LogP contribution in [0, 0.1) is 5.82 Å². The first-order valence-corrected chi connectivity index (χ1v) is 4.94. The van der Waals surface area contributed by atoms with Gasteiger partial charge in [-0.3, -0.25) is 0 Å². The van der Waals surface area contributed by atoms with Crippen LogP contribution in [-0.4, -0.2) is 13.2 Å². The number of hydrogen-bond acceptors (Lipinski definition) is 1. The summed E-state index contributed by atoms with van der Waals surface area (Å²) in [6.07, 6.45) is 0. The molecule has 1 fully saturated rings. The summed E-state index contributed by atoms with van der Waals surface area (Å²) in [6, 6.07) is 5.03. The van der Waals surface area contributed by atoms with E-state index in [2.05, 4.69) is 15.9 Å². The van der Waals surface area contributed by atoms with E-state index in [9.17, 15) is 4.39 Å². The van der Waals surface area contributed by atoms with Crippen LogP contribution in [0.4, 0.5) is 4.39 Å². The van der Waals surface area contributed by atoms with E-state index in [-0.39, 0.29) is 11.2 Å². The van der Waals surface area contributed by atoms with Gasteiger partial charge in [-0.1, -0.05) is 22.9 Å². The molecule has 70 valence electrons. The Bertz CT molecular complexity index is 334. The lowest BCUT2D eigenvalue weighted by molar-refractivity contribution is -0.0516. The Labute approximate surface area is 85.0 Å². The van der Waals surface area contributed by atoms with Gasteiger partial charge < -0.3 is 4.74 Å². The summed E-state index contributed by atoms with van der Waals surface area (Å²) in [5.41, 5.74) is 0.613. The summed E-state index contributed by atoms with van der Waals surface area (Å²) in [5.74, 6) is -0.144. The van der Waals surface area contributed by atoms with Crippen LogP contribution < -0.4 is 0 Å². The fourth-order valence-corrected chi connectivity index (χ4v) is 1.88. The molecule has 0 radical (unpaired) electrons. The van der Waals surface area contributed by atoms with Crippen LogP contribution in [0.15, 0.2) is 22.7 Å². The Morgan fingerprint density at radius 2 is 2.15 bits per heavy atom. The first-order chi connectivity index (χ1) is 6.12. The second-order valence-electron chi connectivity index (χ2n) is 3.68. The Balaban J connectivity index is 2.43. The molecule has 1 nitrogen and oxygen atoms in total. The molecule has 0 N–H and O–H groups in total. The fraction of sp³-hybridized carbons (Fsp3) is 0.400. The van der Waals surface area contributed by atoms with Crippen molar-refractivity contribution in [3.05, 3.63) is 34.1 Å². The SMILES string of the molecule is CC1(c2cc(Br)ccc2F)COC1. The quantitative estimate of drug-likeness (QED) is 0.739. The van der Waals surface area contributed by atoms with Crippen LogP contribution in [0.2, 0.25) is 0 Å². The first kappa shape index (κ1) is 9.16. The Hall–Kier alpha value is -0.410. The van der Waals surface area contributed by atoms with Crippen molar-refractivity contribution in [1.82, 2.24) is 0 Å². The molecular weight excluding hydrogens is 235 g/mol. The minimum absolute atomic E-state index is 0.131. The Kier molecular flexibility index (Phi) is 2.16. The van der Waals surface area contributed by atoms with Gasteiger partial charge in [0.2, 0.25) is 0 Å². The zero-order valence-electron chi connectivity index (χ0n) is 7.31. The van der Waals surface area contributed by atoms with Crippen molar-refractivity contribution < 1.29 is 9.13 Å². The Morgan fingerprint density at radius 1 is 1.46 bits per heavy atom. The van der Waals surface area contributed by atoms with Crippen LogP contribution in [0.1, 0.15) is 12.5 Å². The van der Waals surface area contributed by atoms with Crippen LogP contribution in [0.3, 0.4) is 0 Å². The maximum absolute atomic E-state index is 13.4. The topological polar surface area (TPSA) is 9.23 Å². The summed E-state index contributed by atoms with van der Waals surface area (Å²) in [6.45, 7) is 3.24. The van der Waals surface area contributed by atoms with Gasteiger partial charge in [-0.15, -0.1) is 0 Å². The predicted octanol–water partition coefficient (Wildman–Crippen LogP) is 2.88. The average Bonchev–Trinajstić information content (AvgIpc) is 2.05. The summed E-state index contributed by atoms with van der Waals surface area (Å²) in [7, 11) is 0. The minimum Gasteiger partial charge on any atom is -0.379 e. The molecule has 3 heteroatoms. The van der Waals surface area contributed by atoms with E-state index in [0.717, 1.165) is 10.0 Å². The largest absolute Gasteiger partial charge is 0.379 e. The van der Waals surface area contributed by atoms with Gasteiger partial charge >= 0.3 is 0 Å². The van der Waals surface area contributed by atoms with Crippen LogP contribution in [-0.2, 0) is 10.2 Å². The lowest BCUT2D eigenvalue weighted by atomic mass is 9.80. The summed E-state index contributed by atoms with van der Waals surface area (Å²) in [5, 5.41) is 0. The molecule has 0 atom stereocenters. The highest BCUT2D eigenvalue weighted by atomic mass is 79.9. The van der Waals surface area contributed by atoms with Gasteiger partial charge in [-0.2, -0.15) is 0 Å². The second kappa shape index (κ2) is 3.07. The molecule has 13 heavy (non-hydrogen) atoms. The van der Waals surface area contributed by atoms with Gasteiger partial charge in [0.25, 0.3) is 0 Å². The molecule has 1 aliphatic rings. The van der Waals surface area contributed by atoms with E-state index in [0.29, 0.717) is 13.2 Å². The lowest BCUT2D eigenvalue weighted by Crippen LogP contribution is -2.44. The molecule has 1 aromatic carbocycles. The van der Waals surface area contributed by atoms with Crippen molar-refractivity contribution in [3.8, 4) is 0 Å².